The second-order valence-electron chi connectivity index (χ2n) is 8.29. The molecule has 2 heterocycles. The van der Waals surface area contributed by atoms with Crippen LogP contribution in [0, 0.1) is 6.92 Å². The number of imidazole rings is 1. The molecule has 2 aromatic heterocycles. The molecule has 0 spiro atoms. The van der Waals surface area contributed by atoms with Gasteiger partial charge >= 0.3 is 6.18 Å². The third-order valence-corrected chi connectivity index (χ3v) is 6.53. The zero-order valence-electron chi connectivity index (χ0n) is 18.8. The smallest absolute Gasteiger partial charge is 0.355 e. The van der Waals surface area contributed by atoms with Crippen LogP contribution in [-0.2, 0) is 11.2 Å². The molecule has 10 heteroatoms. The quantitative estimate of drug-likeness (QED) is 0.447. The highest BCUT2D eigenvalue weighted by atomic mass is 32.1. The first-order valence-corrected chi connectivity index (χ1v) is 11.4. The summed E-state index contributed by atoms with van der Waals surface area (Å²) >= 11 is 1.20. The van der Waals surface area contributed by atoms with Gasteiger partial charge in [-0.3, -0.25) is 4.79 Å². The molecule has 178 valence electrons. The number of amides is 1. The highest BCUT2D eigenvalue weighted by molar-refractivity contribution is 7.11. The van der Waals surface area contributed by atoms with Crippen LogP contribution in [0.5, 0.6) is 0 Å². The van der Waals surface area contributed by atoms with E-state index in [0.29, 0.717) is 22.9 Å². The maximum Gasteiger partial charge on any atom is 0.389 e. The van der Waals surface area contributed by atoms with Gasteiger partial charge in [0.05, 0.1) is 29.6 Å². The Bertz CT molecular complexity index is 1020. The fourth-order valence-corrected chi connectivity index (χ4v) is 4.48. The number of hydrogen-bond donors (Lipinski definition) is 2. The van der Waals surface area contributed by atoms with Gasteiger partial charge in [-0.2, -0.15) is 13.2 Å². The van der Waals surface area contributed by atoms with E-state index in [9.17, 15) is 18.0 Å². The highest BCUT2D eigenvalue weighted by Gasteiger charge is 2.34. The van der Waals surface area contributed by atoms with Crippen molar-refractivity contribution >= 4 is 17.2 Å². The van der Waals surface area contributed by atoms with E-state index in [1.807, 2.05) is 43.3 Å². The van der Waals surface area contributed by atoms with E-state index in [1.165, 1.54) is 17.5 Å². The number of benzene rings is 1. The molecule has 3 aromatic rings. The number of aryl methyl sites for hydroxylation is 1. The zero-order chi connectivity index (χ0) is 24.0. The van der Waals surface area contributed by atoms with Gasteiger partial charge in [-0.1, -0.05) is 24.3 Å². The largest absolute Gasteiger partial charge is 0.389 e. The molecule has 3 rings (SSSR count). The minimum atomic E-state index is -4.35. The number of alkyl halides is 3. The Morgan fingerprint density at radius 1 is 1.21 bits per heavy atom. The molecule has 2 N–H and O–H groups in total. The number of rotatable bonds is 10. The van der Waals surface area contributed by atoms with Gasteiger partial charge in [0.25, 0.3) is 0 Å². The first-order chi connectivity index (χ1) is 15.6. The van der Waals surface area contributed by atoms with Crippen molar-refractivity contribution in [3.8, 4) is 11.3 Å². The number of hydrogen-bond acceptors (Lipinski definition) is 5. The van der Waals surface area contributed by atoms with Gasteiger partial charge in [-0.05, 0) is 38.6 Å². The number of carbonyl (C=O) groups excluding carboxylic acids is 1. The maximum absolute atomic E-state index is 13.1. The monoisotopic (exact) mass is 479 g/mol. The topological polar surface area (TPSA) is 73.9 Å². The summed E-state index contributed by atoms with van der Waals surface area (Å²) in [6.07, 6.45) is -0.0919. The molecule has 1 aromatic carbocycles. The third-order valence-electron chi connectivity index (χ3n) is 5.45. The Balaban J connectivity index is 1.58. The highest BCUT2D eigenvalue weighted by Crippen LogP contribution is 2.35. The normalized spacial score (nSPS) is 13.8. The number of nitrogens with zero attached hydrogens (tertiary/aromatic N) is 3. The summed E-state index contributed by atoms with van der Waals surface area (Å²) in [6, 6.07) is 8.07. The predicted octanol–water partition coefficient (Wildman–Crippen LogP) is 4.56. The van der Waals surface area contributed by atoms with Crippen molar-refractivity contribution < 1.29 is 18.0 Å². The van der Waals surface area contributed by atoms with Crippen LogP contribution in [0.15, 0.2) is 43.0 Å². The summed E-state index contributed by atoms with van der Waals surface area (Å²) in [7, 11) is 3.84. The summed E-state index contributed by atoms with van der Waals surface area (Å²) in [5.41, 5.74) is 3.06. The molecule has 0 aliphatic rings. The Kier molecular flexibility index (Phi) is 8.25. The number of thiazole rings is 1. The number of nitrogens with one attached hydrogen (secondary N) is 2. The standard InChI is InChI=1S/C23H28F3N5OS/c1-15-28-13-21(33-15)18(10-23(24,25)26)9-22(32)29-11-19(31(2)3)8-16-4-6-17(7-5-16)20-12-27-14-30-20/h4-7,12-14,18-19H,8-11H2,1-3H3,(H,27,30)(H,29,32)/t18-,19-/m0/s1. The second-order valence-corrected chi connectivity index (χ2v) is 9.56. The van der Waals surface area contributed by atoms with E-state index in [2.05, 4.69) is 20.3 Å². The summed E-state index contributed by atoms with van der Waals surface area (Å²) in [4.78, 5) is 26.2. The maximum atomic E-state index is 13.1. The Morgan fingerprint density at radius 2 is 1.94 bits per heavy atom. The van der Waals surface area contributed by atoms with Crippen LogP contribution in [0.4, 0.5) is 13.2 Å². The van der Waals surface area contributed by atoms with Gasteiger partial charge in [0, 0.05) is 36.0 Å². The average Bonchev–Trinajstić information content (AvgIpc) is 3.42. The molecule has 0 radical (unpaired) electrons. The van der Waals surface area contributed by atoms with E-state index < -0.39 is 24.4 Å². The van der Waals surface area contributed by atoms with Crippen molar-refractivity contribution in [1.29, 1.82) is 0 Å². The second kappa shape index (κ2) is 10.9. The van der Waals surface area contributed by atoms with Crippen molar-refractivity contribution in [2.24, 2.45) is 0 Å². The van der Waals surface area contributed by atoms with Gasteiger partial charge < -0.3 is 15.2 Å². The van der Waals surface area contributed by atoms with Gasteiger partial charge in [0.15, 0.2) is 0 Å². The molecule has 0 aliphatic carbocycles. The van der Waals surface area contributed by atoms with Crippen molar-refractivity contribution in [2.75, 3.05) is 20.6 Å². The van der Waals surface area contributed by atoms with Gasteiger partial charge in [-0.25, -0.2) is 9.97 Å². The lowest BCUT2D eigenvalue weighted by molar-refractivity contribution is -0.140. The number of likely N-dealkylation sites (N-methyl/N-ethyl adjacent to an activating group) is 1. The third kappa shape index (κ3) is 7.68. The van der Waals surface area contributed by atoms with Crippen LogP contribution < -0.4 is 5.32 Å². The molecule has 2 atom stereocenters. The van der Waals surface area contributed by atoms with E-state index in [0.717, 1.165) is 16.8 Å². The molecule has 6 nitrogen and oxygen atoms in total. The van der Waals surface area contributed by atoms with Crippen LogP contribution >= 0.6 is 11.3 Å². The Hall–Kier alpha value is -2.72. The lowest BCUT2D eigenvalue weighted by atomic mass is 9.99. The molecular formula is C23H28F3N5OS. The SMILES string of the molecule is Cc1ncc([C@@H](CC(=O)NC[C@H](Cc2ccc(-c3cnc[nH]3)cc2)N(C)C)CC(F)(F)F)s1. The summed E-state index contributed by atoms with van der Waals surface area (Å²) in [5.74, 6) is -1.32. The summed E-state index contributed by atoms with van der Waals surface area (Å²) < 4.78 is 39.2. The predicted molar refractivity (Wildman–Crippen MR) is 123 cm³/mol. The first-order valence-electron chi connectivity index (χ1n) is 10.6. The zero-order valence-corrected chi connectivity index (χ0v) is 19.6. The fraction of sp³-hybridized carbons (Fsp3) is 0.435. The molecule has 33 heavy (non-hydrogen) atoms. The van der Waals surface area contributed by atoms with E-state index >= 15 is 0 Å². The van der Waals surface area contributed by atoms with Gasteiger partial charge in [0.1, 0.15) is 0 Å². The molecule has 0 unspecified atom stereocenters. The van der Waals surface area contributed by atoms with Crippen LogP contribution in [0.25, 0.3) is 11.3 Å². The van der Waals surface area contributed by atoms with E-state index in [-0.39, 0.29) is 12.5 Å². The number of aromatic amines is 1. The molecule has 0 saturated carbocycles. The van der Waals surface area contributed by atoms with Crippen LogP contribution in [-0.4, -0.2) is 58.6 Å². The lowest BCUT2D eigenvalue weighted by Crippen LogP contribution is -2.42. The van der Waals surface area contributed by atoms with Crippen LogP contribution in [0.2, 0.25) is 0 Å². The van der Waals surface area contributed by atoms with Crippen molar-refractivity contribution in [3.05, 3.63) is 58.4 Å². The molecule has 0 aliphatic heterocycles. The molecule has 0 bridgehead atoms. The van der Waals surface area contributed by atoms with E-state index in [1.54, 1.807) is 19.4 Å². The average molecular weight is 480 g/mol. The van der Waals surface area contributed by atoms with Crippen molar-refractivity contribution in [1.82, 2.24) is 25.2 Å². The summed E-state index contributed by atoms with van der Waals surface area (Å²) in [6.45, 7) is 2.08. The Morgan fingerprint density at radius 3 is 2.48 bits per heavy atom. The van der Waals surface area contributed by atoms with E-state index in [4.69, 9.17) is 0 Å². The minimum Gasteiger partial charge on any atom is -0.355 e. The minimum absolute atomic E-state index is 0.00123. The fourth-order valence-electron chi connectivity index (χ4n) is 3.59. The molecule has 0 saturated heterocycles. The number of halogens is 3. The molecular weight excluding hydrogens is 451 g/mol. The Labute approximate surface area is 195 Å². The molecule has 1 amide bonds. The van der Waals surface area contributed by atoms with Crippen LogP contribution in [0.1, 0.15) is 34.2 Å². The van der Waals surface area contributed by atoms with Crippen LogP contribution in [0.3, 0.4) is 0 Å². The number of aromatic nitrogens is 3. The number of H-pyrrole nitrogens is 1. The summed E-state index contributed by atoms with van der Waals surface area (Å²) in [5, 5.41) is 3.52. The van der Waals surface area contributed by atoms with Gasteiger partial charge in [-0.15, -0.1) is 11.3 Å². The van der Waals surface area contributed by atoms with Gasteiger partial charge in [0.2, 0.25) is 5.91 Å². The van der Waals surface area contributed by atoms with Crippen molar-refractivity contribution in [3.63, 3.8) is 0 Å². The number of carbonyl (C=O) groups is 1. The first kappa shape index (κ1) is 24.9. The van der Waals surface area contributed by atoms with Crippen molar-refractivity contribution in [2.45, 2.75) is 44.3 Å². The lowest BCUT2D eigenvalue weighted by Gasteiger charge is -2.25. The molecule has 0 fully saturated rings.